The van der Waals surface area contributed by atoms with Gasteiger partial charge in [-0.1, -0.05) is 0 Å². The summed E-state index contributed by atoms with van der Waals surface area (Å²) in [6.07, 6.45) is -2.16. The van der Waals surface area contributed by atoms with Crippen LogP contribution in [0.3, 0.4) is 0 Å². The lowest BCUT2D eigenvalue weighted by atomic mass is 10.1. The van der Waals surface area contributed by atoms with Crippen LogP contribution in [-0.2, 0) is 6.18 Å². The van der Waals surface area contributed by atoms with E-state index in [1.54, 1.807) is 0 Å². The minimum absolute atomic E-state index is 0.0418. The van der Waals surface area contributed by atoms with Crippen LogP contribution in [0.25, 0.3) is 22.0 Å². The number of rotatable bonds is 0. The fraction of sp³-hybridized carbons (Fsp3) is 0.0833. The lowest BCUT2D eigenvalue weighted by molar-refractivity contribution is -0.136. The molecule has 4 nitrogen and oxygen atoms in total. The molecule has 2 heterocycles. The second kappa shape index (κ2) is 3.78. The van der Waals surface area contributed by atoms with Crippen molar-refractivity contribution in [3.8, 4) is 0 Å². The van der Waals surface area contributed by atoms with Crippen molar-refractivity contribution in [1.29, 1.82) is 0 Å². The Morgan fingerprint density at radius 1 is 1.16 bits per heavy atom. The van der Waals surface area contributed by atoms with Gasteiger partial charge in [-0.3, -0.25) is 4.79 Å². The highest BCUT2D eigenvalue weighted by atomic mass is 19.4. The van der Waals surface area contributed by atoms with Gasteiger partial charge in [0.25, 0.3) is 5.56 Å². The van der Waals surface area contributed by atoms with Crippen molar-refractivity contribution in [2.45, 2.75) is 6.18 Å². The molecular weight excluding hydrogens is 261 g/mol. The van der Waals surface area contributed by atoms with Gasteiger partial charge in [0, 0.05) is 6.07 Å². The maximum absolute atomic E-state index is 13.0. The fourth-order valence-corrected chi connectivity index (χ4v) is 1.92. The van der Waals surface area contributed by atoms with Crippen LogP contribution in [0.4, 0.5) is 13.2 Å². The monoisotopic (exact) mass is 266 g/mol. The maximum Gasteiger partial charge on any atom is 0.417 e. The van der Waals surface area contributed by atoms with Crippen LogP contribution >= 0.6 is 0 Å². The van der Waals surface area contributed by atoms with Crippen molar-refractivity contribution in [3.63, 3.8) is 0 Å². The number of halogens is 3. The van der Waals surface area contributed by atoms with Gasteiger partial charge >= 0.3 is 6.18 Å². The molecule has 96 valence electrons. The Balaban J connectivity index is 2.60. The number of pyridine rings is 1. The van der Waals surface area contributed by atoms with E-state index in [0.29, 0.717) is 6.07 Å². The highest BCUT2D eigenvalue weighted by molar-refractivity contribution is 6.03. The predicted molar refractivity (Wildman–Crippen MR) is 60.6 cm³/mol. The first-order valence-electron chi connectivity index (χ1n) is 5.21. The predicted octanol–water partition coefficient (Wildman–Crippen LogP) is 2.76. The number of aromatic nitrogens is 2. The second-order valence-electron chi connectivity index (χ2n) is 3.85. The quantitative estimate of drug-likeness (QED) is 0.587. The van der Waals surface area contributed by atoms with Gasteiger partial charge in [-0.05, 0) is 12.1 Å². The zero-order chi connectivity index (χ0) is 13.6. The average molecular weight is 266 g/mol. The van der Waals surface area contributed by atoms with Gasteiger partial charge in [-0.15, -0.1) is 0 Å². The van der Waals surface area contributed by atoms with Crippen LogP contribution in [0.15, 0.2) is 39.9 Å². The minimum Gasteiger partial charge on any atom is -0.460 e. The summed E-state index contributed by atoms with van der Waals surface area (Å²) in [5, 5.41) is -0.252. The third-order valence-electron chi connectivity index (χ3n) is 2.65. The van der Waals surface area contributed by atoms with E-state index in [-0.39, 0.29) is 22.0 Å². The summed E-state index contributed by atoms with van der Waals surface area (Å²) >= 11 is 0. The molecule has 19 heavy (non-hydrogen) atoms. The number of nitrogens with zero attached hydrogens (tertiary/aromatic N) is 2. The normalized spacial score (nSPS) is 12.2. The molecule has 1 aromatic carbocycles. The minimum atomic E-state index is -4.67. The van der Waals surface area contributed by atoms with Crippen LogP contribution < -0.4 is 5.56 Å². The maximum atomic E-state index is 13.0. The largest absolute Gasteiger partial charge is 0.460 e. The van der Waals surface area contributed by atoms with Gasteiger partial charge in [-0.25, -0.2) is 9.97 Å². The van der Waals surface area contributed by atoms with E-state index < -0.39 is 17.3 Å². The van der Waals surface area contributed by atoms with E-state index in [4.69, 9.17) is 4.42 Å². The molecule has 0 aliphatic heterocycles. The molecule has 2 aromatic heterocycles. The van der Waals surface area contributed by atoms with Crippen molar-refractivity contribution >= 4 is 22.0 Å². The molecule has 0 aliphatic rings. The molecule has 0 spiro atoms. The van der Waals surface area contributed by atoms with Crippen molar-refractivity contribution in [2.24, 2.45) is 0 Å². The van der Waals surface area contributed by atoms with Gasteiger partial charge in [-0.2, -0.15) is 13.2 Å². The summed E-state index contributed by atoms with van der Waals surface area (Å²) in [7, 11) is 0. The molecule has 0 radical (unpaired) electrons. The standard InChI is InChI=1S/C12H5F3N2O2/c13-12(14,15)6-5-9(18)17-7-1-2-8-11(10(6)7)19-4-3-16-8/h1-5H. The molecule has 3 aromatic rings. The van der Waals surface area contributed by atoms with Gasteiger partial charge in [0.15, 0.2) is 5.58 Å². The molecule has 0 saturated heterocycles. The molecular formula is C12H5F3N2O2. The molecule has 0 aliphatic carbocycles. The summed E-state index contributed by atoms with van der Waals surface area (Å²) in [4.78, 5) is 18.7. The zero-order valence-corrected chi connectivity index (χ0v) is 9.23. The Morgan fingerprint density at radius 3 is 2.63 bits per heavy atom. The van der Waals surface area contributed by atoms with Gasteiger partial charge < -0.3 is 4.42 Å². The second-order valence-corrected chi connectivity index (χ2v) is 3.85. The van der Waals surface area contributed by atoms with E-state index in [9.17, 15) is 18.0 Å². The Hall–Kier alpha value is -2.44. The topological polar surface area (TPSA) is 56.0 Å². The van der Waals surface area contributed by atoms with E-state index in [1.165, 1.54) is 24.6 Å². The summed E-state index contributed by atoms with van der Waals surface area (Å²) in [5.41, 5.74) is -1.85. The number of fused-ring (bicyclic) bond motifs is 3. The third-order valence-corrected chi connectivity index (χ3v) is 2.65. The Morgan fingerprint density at radius 2 is 1.89 bits per heavy atom. The van der Waals surface area contributed by atoms with E-state index in [0.717, 1.165) is 0 Å². The molecule has 0 amide bonds. The van der Waals surface area contributed by atoms with Gasteiger partial charge in [0.2, 0.25) is 0 Å². The number of alkyl halides is 3. The number of benzene rings is 1. The van der Waals surface area contributed by atoms with E-state index in [2.05, 4.69) is 9.97 Å². The van der Waals surface area contributed by atoms with Crippen molar-refractivity contribution in [2.75, 3.05) is 0 Å². The van der Waals surface area contributed by atoms with Gasteiger partial charge in [0.1, 0.15) is 11.8 Å². The lowest BCUT2D eigenvalue weighted by Gasteiger charge is -2.10. The summed E-state index contributed by atoms with van der Waals surface area (Å²) in [5.74, 6) is 0. The lowest BCUT2D eigenvalue weighted by Crippen LogP contribution is -2.14. The highest BCUT2D eigenvalue weighted by Crippen LogP contribution is 2.36. The van der Waals surface area contributed by atoms with Crippen molar-refractivity contribution in [3.05, 3.63) is 46.6 Å². The first-order chi connectivity index (χ1) is 8.97. The van der Waals surface area contributed by atoms with Crippen molar-refractivity contribution in [1.82, 2.24) is 9.97 Å². The smallest absolute Gasteiger partial charge is 0.417 e. The molecule has 0 unspecified atom stereocenters. The van der Waals surface area contributed by atoms with E-state index >= 15 is 0 Å². The average Bonchev–Trinajstić information content (AvgIpc) is 2.36. The Bertz CT molecular complexity index is 840. The third kappa shape index (κ3) is 1.83. The molecule has 7 heteroatoms. The Labute approximate surface area is 103 Å². The molecule has 0 saturated carbocycles. The molecule has 0 bridgehead atoms. The van der Waals surface area contributed by atoms with Crippen LogP contribution in [0.1, 0.15) is 5.56 Å². The summed E-state index contributed by atoms with van der Waals surface area (Å²) in [6, 6.07) is 3.23. The highest BCUT2D eigenvalue weighted by Gasteiger charge is 2.34. The summed E-state index contributed by atoms with van der Waals surface area (Å²) in [6.45, 7) is 0. The Kier molecular flexibility index (Phi) is 2.31. The van der Waals surface area contributed by atoms with Crippen LogP contribution in [0, 0.1) is 0 Å². The van der Waals surface area contributed by atoms with Crippen LogP contribution in [-0.4, -0.2) is 9.97 Å². The number of hydrogen-bond donors (Lipinski definition) is 0. The van der Waals surface area contributed by atoms with Crippen molar-refractivity contribution < 1.29 is 17.6 Å². The SMILES string of the molecule is O=c1cc(C(F)(F)F)c2c(ccc3nccoc32)n1. The molecule has 3 rings (SSSR count). The summed E-state index contributed by atoms with van der Waals surface area (Å²) < 4.78 is 44.1. The van der Waals surface area contributed by atoms with Crippen LogP contribution in [0.2, 0.25) is 0 Å². The number of hydrogen-bond acceptors (Lipinski definition) is 4. The van der Waals surface area contributed by atoms with Crippen LogP contribution in [0.5, 0.6) is 0 Å². The van der Waals surface area contributed by atoms with E-state index in [1.807, 2.05) is 0 Å². The van der Waals surface area contributed by atoms with Gasteiger partial charge in [0.05, 0.1) is 22.7 Å². The first-order valence-corrected chi connectivity index (χ1v) is 5.21. The molecule has 0 N–H and O–H groups in total. The molecule has 0 fully saturated rings. The fourth-order valence-electron chi connectivity index (χ4n) is 1.92. The zero-order valence-electron chi connectivity index (χ0n) is 9.23. The first kappa shape index (κ1) is 11.6. The molecule has 0 atom stereocenters.